The van der Waals surface area contributed by atoms with Crippen LogP contribution >= 0.6 is 0 Å². The Hall–Kier alpha value is -1.63. The van der Waals surface area contributed by atoms with E-state index in [1.54, 1.807) is 11.8 Å². The van der Waals surface area contributed by atoms with Crippen LogP contribution in [0.1, 0.15) is 47.5 Å². The molecule has 7 heteroatoms. The topological polar surface area (TPSA) is 95.7 Å². The lowest BCUT2D eigenvalue weighted by atomic mass is 10.0. The third kappa shape index (κ3) is 4.93. The Balaban J connectivity index is 2.71. The summed E-state index contributed by atoms with van der Waals surface area (Å²) in [5.41, 5.74) is 5.79. The van der Waals surface area contributed by atoms with Crippen molar-refractivity contribution in [1.29, 1.82) is 0 Å². The van der Waals surface area contributed by atoms with Gasteiger partial charge >= 0.3 is 0 Å². The molecule has 0 spiro atoms. The van der Waals surface area contributed by atoms with Crippen molar-refractivity contribution in [3.05, 3.63) is 0 Å². The van der Waals surface area contributed by atoms with Gasteiger partial charge in [-0.1, -0.05) is 27.7 Å². The van der Waals surface area contributed by atoms with Crippen molar-refractivity contribution in [2.45, 2.75) is 65.6 Å². The fourth-order valence-corrected chi connectivity index (χ4v) is 3.02. The van der Waals surface area contributed by atoms with E-state index in [9.17, 15) is 14.4 Å². The van der Waals surface area contributed by atoms with Crippen LogP contribution in [-0.4, -0.2) is 65.3 Å². The van der Waals surface area contributed by atoms with Crippen molar-refractivity contribution in [3.63, 3.8) is 0 Å². The molecule has 3 amide bonds. The molecular weight excluding hydrogens is 308 g/mol. The largest absolute Gasteiger partial charge is 0.346 e. The van der Waals surface area contributed by atoms with Crippen molar-refractivity contribution in [3.8, 4) is 0 Å². The lowest BCUT2D eigenvalue weighted by molar-refractivity contribution is -0.146. The van der Waals surface area contributed by atoms with E-state index >= 15 is 0 Å². The van der Waals surface area contributed by atoms with E-state index in [4.69, 9.17) is 5.73 Å². The van der Waals surface area contributed by atoms with Crippen LogP contribution in [0.4, 0.5) is 0 Å². The van der Waals surface area contributed by atoms with Gasteiger partial charge in [-0.15, -0.1) is 0 Å². The molecule has 7 nitrogen and oxygen atoms in total. The number of nitrogens with zero attached hydrogens (tertiary/aromatic N) is 2. The van der Waals surface area contributed by atoms with E-state index in [2.05, 4.69) is 5.32 Å². The van der Waals surface area contributed by atoms with Gasteiger partial charge in [-0.05, 0) is 18.8 Å². The standard InChI is InChI=1S/C17H32N4O3/c1-6-13-10-21(14(7-2)9-20(13)12(5)22)15(23)8-19-17(24)16(18)11(3)4/h11,13-14,16H,6-10,18H2,1-5H3,(H,19,24)/t13?,14?,16-/m0/s1. The van der Waals surface area contributed by atoms with E-state index in [-0.39, 0.29) is 42.3 Å². The summed E-state index contributed by atoms with van der Waals surface area (Å²) in [6.45, 7) is 10.3. The Bertz CT molecular complexity index is 467. The van der Waals surface area contributed by atoms with Crippen LogP contribution in [-0.2, 0) is 14.4 Å². The normalized spacial score (nSPS) is 22.5. The minimum atomic E-state index is -0.613. The first-order chi connectivity index (χ1) is 11.2. The van der Waals surface area contributed by atoms with Crippen LogP contribution in [0.2, 0.25) is 0 Å². The number of carbonyl (C=O) groups is 3. The van der Waals surface area contributed by atoms with Crippen LogP contribution in [0.15, 0.2) is 0 Å². The summed E-state index contributed by atoms with van der Waals surface area (Å²) in [4.78, 5) is 40.0. The Morgan fingerprint density at radius 3 is 2.04 bits per heavy atom. The summed E-state index contributed by atoms with van der Waals surface area (Å²) in [6, 6.07) is -0.597. The van der Waals surface area contributed by atoms with E-state index in [0.29, 0.717) is 13.1 Å². The SMILES string of the molecule is CCC1CN(C(=O)CNC(=O)[C@@H](N)C(C)C)C(CC)CN1C(C)=O. The summed E-state index contributed by atoms with van der Waals surface area (Å²) < 4.78 is 0. The van der Waals surface area contributed by atoms with Gasteiger partial charge in [-0.3, -0.25) is 14.4 Å². The summed E-state index contributed by atoms with van der Waals surface area (Å²) >= 11 is 0. The fraction of sp³-hybridized carbons (Fsp3) is 0.824. The van der Waals surface area contributed by atoms with Crippen LogP contribution < -0.4 is 11.1 Å². The molecule has 1 aliphatic heterocycles. The molecular formula is C17H32N4O3. The molecule has 1 aliphatic rings. The van der Waals surface area contributed by atoms with Crippen molar-refractivity contribution in [2.24, 2.45) is 11.7 Å². The highest BCUT2D eigenvalue weighted by molar-refractivity contribution is 5.87. The maximum atomic E-state index is 12.6. The zero-order valence-electron chi connectivity index (χ0n) is 15.5. The second kappa shape index (κ2) is 9.01. The van der Waals surface area contributed by atoms with Gasteiger partial charge in [-0.2, -0.15) is 0 Å². The first-order valence-corrected chi connectivity index (χ1v) is 8.82. The second-order valence-corrected chi connectivity index (χ2v) is 6.83. The second-order valence-electron chi connectivity index (χ2n) is 6.83. The fourth-order valence-electron chi connectivity index (χ4n) is 3.02. The minimum Gasteiger partial charge on any atom is -0.346 e. The molecule has 0 saturated carbocycles. The molecule has 3 N–H and O–H groups in total. The number of nitrogens with one attached hydrogen (secondary N) is 1. The van der Waals surface area contributed by atoms with Crippen molar-refractivity contribution in [2.75, 3.05) is 19.6 Å². The van der Waals surface area contributed by atoms with E-state index in [0.717, 1.165) is 12.8 Å². The van der Waals surface area contributed by atoms with E-state index in [1.165, 1.54) is 0 Å². The number of nitrogens with two attached hydrogens (primary N) is 1. The van der Waals surface area contributed by atoms with Gasteiger partial charge < -0.3 is 20.9 Å². The van der Waals surface area contributed by atoms with Crippen molar-refractivity contribution >= 4 is 17.7 Å². The molecule has 0 aromatic carbocycles. The van der Waals surface area contributed by atoms with Gasteiger partial charge in [0.15, 0.2) is 0 Å². The lowest BCUT2D eigenvalue weighted by Gasteiger charge is -2.46. The van der Waals surface area contributed by atoms with Gasteiger partial charge in [0.25, 0.3) is 0 Å². The Kier molecular flexibility index (Phi) is 7.66. The molecule has 0 aromatic heterocycles. The highest BCUT2D eigenvalue weighted by Gasteiger charge is 2.35. The molecule has 138 valence electrons. The maximum absolute atomic E-state index is 12.6. The predicted octanol–water partition coefficient (Wildman–Crippen LogP) is 0.334. The van der Waals surface area contributed by atoms with Crippen LogP contribution in [0.3, 0.4) is 0 Å². The zero-order chi connectivity index (χ0) is 18.4. The molecule has 0 radical (unpaired) electrons. The minimum absolute atomic E-state index is 0.0140. The monoisotopic (exact) mass is 340 g/mol. The maximum Gasteiger partial charge on any atom is 0.242 e. The molecule has 0 aromatic rings. The number of rotatable bonds is 6. The molecule has 0 bridgehead atoms. The Labute approximate surface area is 144 Å². The van der Waals surface area contributed by atoms with Crippen LogP contribution in [0.25, 0.3) is 0 Å². The molecule has 1 saturated heterocycles. The lowest BCUT2D eigenvalue weighted by Crippen LogP contribution is -2.62. The number of piperazine rings is 1. The third-order valence-electron chi connectivity index (χ3n) is 4.80. The van der Waals surface area contributed by atoms with Gasteiger partial charge in [0.05, 0.1) is 12.6 Å². The average molecular weight is 340 g/mol. The van der Waals surface area contributed by atoms with Crippen molar-refractivity contribution in [1.82, 2.24) is 15.1 Å². The summed E-state index contributed by atoms with van der Waals surface area (Å²) in [5.74, 6) is -0.357. The van der Waals surface area contributed by atoms with Crippen LogP contribution in [0.5, 0.6) is 0 Å². The first-order valence-electron chi connectivity index (χ1n) is 8.82. The summed E-state index contributed by atoms with van der Waals surface area (Å²) in [7, 11) is 0. The van der Waals surface area contributed by atoms with Gasteiger partial charge in [0, 0.05) is 32.1 Å². The van der Waals surface area contributed by atoms with E-state index < -0.39 is 6.04 Å². The number of carbonyl (C=O) groups excluding carboxylic acids is 3. The smallest absolute Gasteiger partial charge is 0.242 e. The molecule has 2 unspecified atom stereocenters. The quantitative estimate of drug-likeness (QED) is 0.728. The number of amides is 3. The summed E-state index contributed by atoms with van der Waals surface area (Å²) in [6.07, 6.45) is 1.57. The molecule has 1 fully saturated rings. The molecule has 24 heavy (non-hydrogen) atoms. The van der Waals surface area contributed by atoms with E-state index in [1.807, 2.05) is 32.6 Å². The predicted molar refractivity (Wildman–Crippen MR) is 93.1 cm³/mol. The molecule has 1 heterocycles. The van der Waals surface area contributed by atoms with Crippen molar-refractivity contribution < 1.29 is 14.4 Å². The highest BCUT2D eigenvalue weighted by atomic mass is 16.2. The summed E-state index contributed by atoms with van der Waals surface area (Å²) in [5, 5.41) is 2.64. The Morgan fingerprint density at radius 1 is 1.08 bits per heavy atom. The molecule has 0 aliphatic carbocycles. The molecule has 3 atom stereocenters. The highest BCUT2D eigenvalue weighted by Crippen LogP contribution is 2.20. The van der Waals surface area contributed by atoms with Gasteiger partial charge in [0.1, 0.15) is 0 Å². The third-order valence-corrected chi connectivity index (χ3v) is 4.80. The number of hydrogen-bond acceptors (Lipinski definition) is 4. The molecule has 1 rings (SSSR count). The first kappa shape index (κ1) is 20.4. The van der Waals surface area contributed by atoms with Gasteiger partial charge in [0.2, 0.25) is 17.7 Å². The Morgan fingerprint density at radius 2 is 1.58 bits per heavy atom. The zero-order valence-corrected chi connectivity index (χ0v) is 15.5. The number of hydrogen-bond donors (Lipinski definition) is 2. The average Bonchev–Trinajstić information content (AvgIpc) is 2.56. The van der Waals surface area contributed by atoms with Crippen LogP contribution in [0, 0.1) is 5.92 Å². The van der Waals surface area contributed by atoms with Gasteiger partial charge in [-0.25, -0.2) is 0 Å².